The van der Waals surface area contributed by atoms with E-state index in [4.69, 9.17) is 5.73 Å². The van der Waals surface area contributed by atoms with Gasteiger partial charge in [-0.2, -0.15) is 0 Å². The Labute approximate surface area is 51.5 Å². The molecule has 0 aliphatic heterocycles. The topological polar surface area (TPSA) is 38.0 Å². The van der Waals surface area contributed by atoms with E-state index in [1.807, 2.05) is 6.92 Å². The summed E-state index contributed by atoms with van der Waals surface area (Å²) in [5.74, 6) is 0.695. The van der Waals surface area contributed by atoms with Crippen molar-refractivity contribution in [2.45, 2.75) is 26.9 Å². The summed E-state index contributed by atoms with van der Waals surface area (Å²) in [4.78, 5) is 0. The summed E-state index contributed by atoms with van der Waals surface area (Å²) in [7, 11) is 0. The molecule has 0 amide bonds. The Hall–Kier alpha value is -0.0800. The monoisotopic (exact) mass is 116 g/mol. The lowest BCUT2D eigenvalue weighted by Crippen LogP contribution is -2.36. The minimum atomic E-state index is 0.136. The van der Waals surface area contributed by atoms with Gasteiger partial charge in [-0.05, 0) is 19.4 Å². The molecule has 50 valence electrons. The SMILES string of the molecule is CC(C)CNC(C)N. The van der Waals surface area contributed by atoms with Gasteiger partial charge in [-0.25, -0.2) is 0 Å². The highest BCUT2D eigenvalue weighted by Crippen LogP contribution is 1.86. The van der Waals surface area contributed by atoms with Crippen molar-refractivity contribution in [2.24, 2.45) is 11.7 Å². The van der Waals surface area contributed by atoms with Gasteiger partial charge in [0.15, 0.2) is 0 Å². The van der Waals surface area contributed by atoms with Crippen molar-refractivity contribution < 1.29 is 0 Å². The normalized spacial score (nSPS) is 14.6. The minimum absolute atomic E-state index is 0.136. The maximum Gasteiger partial charge on any atom is 0.0517 e. The Morgan fingerprint density at radius 3 is 2.00 bits per heavy atom. The number of rotatable bonds is 3. The molecule has 0 aliphatic rings. The van der Waals surface area contributed by atoms with Crippen molar-refractivity contribution in [3.8, 4) is 0 Å². The molecule has 0 saturated carbocycles. The first-order chi connectivity index (χ1) is 3.63. The van der Waals surface area contributed by atoms with Crippen LogP contribution in [0.15, 0.2) is 0 Å². The molecule has 0 saturated heterocycles. The highest BCUT2D eigenvalue weighted by molar-refractivity contribution is 4.52. The van der Waals surface area contributed by atoms with Crippen molar-refractivity contribution in [1.82, 2.24) is 5.32 Å². The fourth-order valence-corrected chi connectivity index (χ4v) is 0.422. The molecule has 0 bridgehead atoms. The van der Waals surface area contributed by atoms with Crippen LogP contribution in [-0.4, -0.2) is 12.7 Å². The Bertz CT molecular complexity index is 42.5. The molecule has 0 rings (SSSR count). The van der Waals surface area contributed by atoms with Gasteiger partial charge < -0.3 is 11.1 Å². The predicted octanol–water partition coefficient (Wildman–Crippen LogP) is 0.537. The van der Waals surface area contributed by atoms with E-state index in [0.717, 1.165) is 6.54 Å². The van der Waals surface area contributed by atoms with Crippen LogP contribution in [0.5, 0.6) is 0 Å². The molecule has 0 aromatic heterocycles. The summed E-state index contributed by atoms with van der Waals surface area (Å²) in [5.41, 5.74) is 5.43. The number of nitrogens with one attached hydrogen (secondary N) is 1. The third-order valence-corrected chi connectivity index (χ3v) is 0.848. The van der Waals surface area contributed by atoms with E-state index in [2.05, 4.69) is 19.2 Å². The molecule has 0 spiro atoms. The molecule has 0 aromatic carbocycles. The molecule has 2 nitrogen and oxygen atoms in total. The van der Waals surface area contributed by atoms with Crippen LogP contribution in [0.4, 0.5) is 0 Å². The molecular formula is C6H16N2. The van der Waals surface area contributed by atoms with E-state index >= 15 is 0 Å². The third-order valence-electron chi connectivity index (χ3n) is 0.848. The summed E-state index contributed by atoms with van der Waals surface area (Å²) in [6.07, 6.45) is 0.136. The van der Waals surface area contributed by atoms with Crippen molar-refractivity contribution in [2.75, 3.05) is 6.54 Å². The zero-order valence-electron chi connectivity index (χ0n) is 5.94. The largest absolute Gasteiger partial charge is 0.316 e. The summed E-state index contributed by atoms with van der Waals surface area (Å²) in [5, 5.41) is 3.12. The summed E-state index contributed by atoms with van der Waals surface area (Å²) in [6.45, 7) is 7.28. The molecule has 3 N–H and O–H groups in total. The van der Waals surface area contributed by atoms with Crippen molar-refractivity contribution in [3.63, 3.8) is 0 Å². The van der Waals surface area contributed by atoms with Gasteiger partial charge in [-0.3, -0.25) is 0 Å². The molecule has 0 radical (unpaired) electrons. The summed E-state index contributed by atoms with van der Waals surface area (Å²) in [6, 6.07) is 0. The smallest absolute Gasteiger partial charge is 0.0517 e. The van der Waals surface area contributed by atoms with E-state index in [0.29, 0.717) is 5.92 Å². The first-order valence-electron chi connectivity index (χ1n) is 3.12. The Balaban J connectivity index is 2.93. The maximum absolute atomic E-state index is 5.43. The van der Waals surface area contributed by atoms with Crippen molar-refractivity contribution in [3.05, 3.63) is 0 Å². The second kappa shape index (κ2) is 3.87. The van der Waals surface area contributed by atoms with Crippen LogP contribution in [0.25, 0.3) is 0 Å². The van der Waals surface area contributed by atoms with Crippen LogP contribution in [0, 0.1) is 5.92 Å². The van der Waals surface area contributed by atoms with E-state index < -0.39 is 0 Å². The van der Waals surface area contributed by atoms with E-state index in [1.54, 1.807) is 0 Å². The molecule has 2 heteroatoms. The van der Waals surface area contributed by atoms with Gasteiger partial charge >= 0.3 is 0 Å². The van der Waals surface area contributed by atoms with Crippen LogP contribution in [0.2, 0.25) is 0 Å². The standard InChI is InChI=1S/C6H16N2/c1-5(2)4-8-6(3)7/h5-6,8H,4,7H2,1-3H3. The average molecular weight is 116 g/mol. The fourth-order valence-electron chi connectivity index (χ4n) is 0.422. The van der Waals surface area contributed by atoms with Crippen molar-refractivity contribution >= 4 is 0 Å². The number of hydrogen-bond donors (Lipinski definition) is 2. The van der Waals surface area contributed by atoms with E-state index in [-0.39, 0.29) is 6.17 Å². The average Bonchev–Trinajstić information content (AvgIpc) is 1.61. The van der Waals surface area contributed by atoms with Crippen LogP contribution < -0.4 is 11.1 Å². The second-order valence-corrected chi connectivity index (χ2v) is 2.59. The van der Waals surface area contributed by atoms with Gasteiger partial charge in [0.2, 0.25) is 0 Å². The van der Waals surface area contributed by atoms with Crippen LogP contribution >= 0.6 is 0 Å². The Morgan fingerprint density at radius 2 is 1.88 bits per heavy atom. The van der Waals surface area contributed by atoms with E-state index in [1.165, 1.54) is 0 Å². The zero-order chi connectivity index (χ0) is 6.57. The highest BCUT2D eigenvalue weighted by Gasteiger charge is 1.93. The first kappa shape index (κ1) is 7.92. The van der Waals surface area contributed by atoms with Gasteiger partial charge in [0.1, 0.15) is 0 Å². The van der Waals surface area contributed by atoms with Crippen LogP contribution in [0.1, 0.15) is 20.8 Å². The number of hydrogen-bond acceptors (Lipinski definition) is 2. The lowest BCUT2D eigenvalue weighted by Gasteiger charge is -2.09. The quantitative estimate of drug-likeness (QED) is 0.528. The molecule has 8 heavy (non-hydrogen) atoms. The summed E-state index contributed by atoms with van der Waals surface area (Å²) >= 11 is 0. The van der Waals surface area contributed by atoms with Crippen molar-refractivity contribution in [1.29, 1.82) is 0 Å². The van der Waals surface area contributed by atoms with Gasteiger partial charge in [0.05, 0.1) is 6.17 Å². The molecular weight excluding hydrogens is 100 g/mol. The lowest BCUT2D eigenvalue weighted by molar-refractivity contribution is 0.493. The van der Waals surface area contributed by atoms with Gasteiger partial charge in [0.25, 0.3) is 0 Å². The highest BCUT2D eigenvalue weighted by atomic mass is 15.0. The van der Waals surface area contributed by atoms with Crippen LogP contribution in [-0.2, 0) is 0 Å². The molecule has 0 fully saturated rings. The molecule has 1 atom stereocenters. The Kier molecular flexibility index (Phi) is 3.83. The third kappa shape index (κ3) is 5.92. The summed E-state index contributed by atoms with van der Waals surface area (Å²) < 4.78 is 0. The number of nitrogens with two attached hydrogens (primary N) is 1. The first-order valence-corrected chi connectivity index (χ1v) is 3.12. The lowest BCUT2D eigenvalue weighted by atomic mass is 10.2. The molecule has 0 heterocycles. The minimum Gasteiger partial charge on any atom is -0.316 e. The zero-order valence-corrected chi connectivity index (χ0v) is 5.94. The van der Waals surface area contributed by atoms with Gasteiger partial charge in [-0.15, -0.1) is 0 Å². The predicted molar refractivity (Wildman–Crippen MR) is 36.5 cm³/mol. The molecule has 0 aliphatic carbocycles. The van der Waals surface area contributed by atoms with Crippen LogP contribution in [0.3, 0.4) is 0 Å². The van der Waals surface area contributed by atoms with Gasteiger partial charge in [0, 0.05) is 0 Å². The second-order valence-electron chi connectivity index (χ2n) is 2.59. The van der Waals surface area contributed by atoms with E-state index in [9.17, 15) is 0 Å². The Morgan fingerprint density at radius 1 is 1.38 bits per heavy atom. The maximum atomic E-state index is 5.43. The molecule has 0 aromatic rings. The molecule has 1 unspecified atom stereocenters. The van der Waals surface area contributed by atoms with Gasteiger partial charge in [-0.1, -0.05) is 13.8 Å². The fraction of sp³-hybridized carbons (Fsp3) is 1.00.